The summed E-state index contributed by atoms with van der Waals surface area (Å²) in [6.07, 6.45) is 0. The van der Waals surface area contributed by atoms with Gasteiger partial charge in [-0.3, -0.25) is 0 Å². The van der Waals surface area contributed by atoms with Crippen molar-refractivity contribution in [1.82, 2.24) is 0 Å². The van der Waals surface area contributed by atoms with Crippen LogP contribution in [0, 0.1) is 0 Å². The van der Waals surface area contributed by atoms with Crippen molar-refractivity contribution in [2.45, 2.75) is 7.31 Å². The number of alkyl halides is 2. The quantitative estimate of drug-likeness (QED) is 0.316. The number of rotatable bonds is 4. The molecule has 0 saturated carbocycles. The van der Waals surface area contributed by atoms with E-state index in [1.165, 1.54) is 0 Å². The van der Waals surface area contributed by atoms with Crippen molar-refractivity contribution in [3.8, 4) is 0 Å². The molecule has 0 fully saturated rings. The summed E-state index contributed by atoms with van der Waals surface area (Å²) < 4.78 is 15.1. The lowest BCUT2D eigenvalue weighted by molar-refractivity contribution is -0.147. The molecule has 134 valence electrons. The Balaban J connectivity index is 3.66. The molecule has 0 spiro atoms. The van der Waals surface area contributed by atoms with Gasteiger partial charge in [-0.1, -0.05) is 55.4 Å². The highest BCUT2D eigenvalue weighted by Gasteiger charge is 2.66. The van der Waals surface area contributed by atoms with Gasteiger partial charge in [0.1, 0.15) is 9.81 Å². The third-order valence-electron chi connectivity index (χ3n) is 2.74. The van der Waals surface area contributed by atoms with Gasteiger partial charge >= 0.3 is 23.9 Å². The fourth-order valence-corrected chi connectivity index (χ4v) is 6.18. The molecule has 0 saturated heterocycles. The van der Waals surface area contributed by atoms with Crippen molar-refractivity contribution in [3.05, 3.63) is 9.81 Å². The second-order valence-electron chi connectivity index (χ2n) is 4.02. The Morgan fingerprint density at radius 3 is 1.21 bits per heavy atom. The van der Waals surface area contributed by atoms with Gasteiger partial charge in [0, 0.05) is 0 Å². The summed E-state index contributed by atoms with van der Waals surface area (Å²) in [6.45, 7) is 0. The SMILES string of the molecule is COC(=O)C1=C(C(=O)OC)S[C@](Br)(C(=O)OC)[C@@](Br)(C(=O)OC)S1. The number of hydrogen-bond acceptors (Lipinski definition) is 10. The Morgan fingerprint density at radius 2 is 1.00 bits per heavy atom. The summed E-state index contributed by atoms with van der Waals surface area (Å²) in [5, 5.41) is 0. The molecule has 0 N–H and O–H groups in total. The third-order valence-corrected chi connectivity index (χ3v) is 9.52. The van der Waals surface area contributed by atoms with Gasteiger partial charge < -0.3 is 18.9 Å². The molecule has 1 heterocycles. The summed E-state index contributed by atoms with van der Waals surface area (Å²) in [5.41, 5.74) is 0. The van der Waals surface area contributed by atoms with Gasteiger partial charge in [-0.25, -0.2) is 19.2 Å². The van der Waals surface area contributed by atoms with E-state index in [9.17, 15) is 19.2 Å². The van der Waals surface area contributed by atoms with Gasteiger partial charge in [0.15, 0.2) is 0 Å². The Labute approximate surface area is 162 Å². The molecule has 0 amide bonds. The highest BCUT2D eigenvalue weighted by Crippen LogP contribution is 2.63. The molecule has 12 heteroatoms. The van der Waals surface area contributed by atoms with Gasteiger partial charge in [-0.15, -0.1) is 0 Å². The van der Waals surface area contributed by atoms with Crippen molar-refractivity contribution in [2.75, 3.05) is 28.4 Å². The lowest BCUT2D eigenvalue weighted by Gasteiger charge is -2.40. The highest BCUT2D eigenvalue weighted by molar-refractivity contribution is 9.16. The van der Waals surface area contributed by atoms with Crippen molar-refractivity contribution < 1.29 is 38.1 Å². The number of thioether (sulfide) groups is 2. The molecule has 8 nitrogen and oxygen atoms in total. The molecular formula is C12H12Br2O8S2. The smallest absolute Gasteiger partial charge is 0.345 e. The van der Waals surface area contributed by atoms with Crippen LogP contribution >= 0.6 is 55.4 Å². The van der Waals surface area contributed by atoms with E-state index >= 15 is 0 Å². The van der Waals surface area contributed by atoms with Crippen LogP contribution in [0.15, 0.2) is 9.81 Å². The predicted molar refractivity (Wildman–Crippen MR) is 93.6 cm³/mol. The van der Waals surface area contributed by atoms with E-state index in [0.717, 1.165) is 28.4 Å². The third kappa shape index (κ3) is 3.46. The number of methoxy groups -OCH3 is 4. The van der Waals surface area contributed by atoms with Crippen LogP contribution in [0.4, 0.5) is 0 Å². The van der Waals surface area contributed by atoms with Crippen molar-refractivity contribution in [3.63, 3.8) is 0 Å². The van der Waals surface area contributed by atoms with Crippen LogP contribution in [0.2, 0.25) is 0 Å². The van der Waals surface area contributed by atoms with Gasteiger partial charge in [0.2, 0.25) is 7.31 Å². The Kier molecular flexibility index (Phi) is 7.20. The lowest BCUT2D eigenvalue weighted by Crippen LogP contribution is -2.54. The average molecular weight is 508 g/mol. The normalized spacial score (nSPS) is 26.4. The molecule has 0 aliphatic carbocycles. The first-order valence-corrected chi connectivity index (χ1v) is 9.18. The Hall–Kier alpha value is -0.720. The van der Waals surface area contributed by atoms with Crippen LogP contribution in [0.1, 0.15) is 0 Å². The summed E-state index contributed by atoms with van der Waals surface area (Å²) >= 11 is 7.45. The number of halogens is 2. The van der Waals surface area contributed by atoms with Crippen LogP contribution in [-0.2, 0) is 38.1 Å². The van der Waals surface area contributed by atoms with E-state index in [0.29, 0.717) is 23.5 Å². The predicted octanol–water partition coefficient (Wildman–Crippen LogP) is 1.55. The van der Waals surface area contributed by atoms with Crippen LogP contribution in [0.25, 0.3) is 0 Å². The van der Waals surface area contributed by atoms with Crippen LogP contribution in [-0.4, -0.2) is 59.6 Å². The van der Waals surface area contributed by atoms with Crippen molar-refractivity contribution in [2.24, 2.45) is 0 Å². The molecule has 0 aromatic rings. The number of ether oxygens (including phenoxy) is 4. The molecule has 24 heavy (non-hydrogen) atoms. The standard InChI is InChI=1S/C12H12Br2O8S2/c1-19-7(15)5-6(8(16)20-2)24-12(14,10(18)22-4)11(13,23-5)9(17)21-3/h1-4H3/t11-,12-/m1/s1. The fourth-order valence-electron chi connectivity index (χ4n) is 1.57. The number of hydrogen-bond donors (Lipinski definition) is 0. The van der Waals surface area contributed by atoms with Crippen LogP contribution in [0.5, 0.6) is 0 Å². The summed E-state index contributed by atoms with van der Waals surface area (Å²) in [7, 11) is 4.44. The maximum Gasteiger partial charge on any atom is 0.345 e. The zero-order chi connectivity index (χ0) is 18.7. The van der Waals surface area contributed by atoms with Gasteiger partial charge in [-0.05, 0) is 0 Å². The molecule has 1 aliphatic rings. The first kappa shape index (κ1) is 21.3. The van der Waals surface area contributed by atoms with Crippen molar-refractivity contribution >= 4 is 79.3 Å². The average Bonchev–Trinajstić information content (AvgIpc) is 2.60. The molecule has 1 rings (SSSR count). The minimum absolute atomic E-state index is 0.212. The van der Waals surface area contributed by atoms with E-state index in [-0.39, 0.29) is 9.81 Å². The van der Waals surface area contributed by atoms with Crippen LogP contribution < -0.4 is 0 Å². The van der Waals surface area contributed by atoms with Crippen molar-refractivity contribution in [1.29, 1.82) is 0 Å². The molecule has 0 aromatic carbocycles. The van der Waals surface area contributed by atoms with E-state index in [1.807, 2.05) is 0 Å². The number of carbonyl (C=O) groups excluding carboxylic acids is 4. The van der Waals surface area contributed by atoms with E-state index in [4.69, 9.17) is 9.47 Å². The van der Waals surface area contributed by atoms with E-state index < -0.39 is 31.2 Å². The maximum absolute atomic E-state index is 12.3. The topological polar surface area (TPSA) is 105 Å². The molecule has 2 atom stereocenters. The minimum Gasteiger partial charge on any atom is -0.467 e. The number of esters is 4. The highest BCUT2D eigenvalue weighted by atomic mass is 79.9. The van der Waals surface area contributed by atoms with Gasteiger partial charge in [-0.2, -0.15) is 0 Å². The number of carbonyl (C=O) groups is 4. The summed E-state index contributed by atoms with van der Waals surface area (Å²) in [4.78, 5) is 48.2. The molecule has 0 radical (unpaired) electrons. The second-order valence-corrected chi connectivity index (χ2v) is 9.90. The Bertz CT molecular complexity index is 570. The molecule has 0 aromatic heterocycles. The summed E-state index contributed by atoms with van der Waals surface area (Å²) in [5.74, 6) is -3.51. The monoisotopic (exact) mass is 506 g/mol. The zero-order valence-electron chi connectivity index (χ0n) is 12.8. The largest absolute Gasteiger partial charge is 0.467 e. The van der Waals surface area contributed by atoms with Gasteiger partial charge in [0.05, 0.1) is 28.4 Å². The molecular weight excluding hydrogens is 496 g/mol. The zero-order valence-corrected chi connectivity index (χ0v) is 17.6. The van der Waals surface area contributed by atoms with E-state index in [2.05, 4.69) is 41.3 Å². The second kappa shape index (κ2) is 8.11. The molecule has 0 bridgehead atoms. The molecule has 0 unspecified atom stereocenters. The maximum atomic E-state index is 12.3. The van der Waals surface area contributed by atoms with E-state index in [1.54, 1.807) is 0 Å². The first-order valence-electron chi connectivity index (χ1n) is 5.96. The lowest BCUT2D eigenvalue weighted by atomic mass is 10.3. The fraction of sp³-hybridized carbons (Fsp3) is 0.500. The van der Waals surface area contributed by atoms with Gasteiger partial charge in [0.25, 0.3) is 0 Å². The van der Waals surface area contributed by atoms with Crippen LogP contribution in [0.3, 0.4) is 0 Å². The summed E-state index contributed by atoms with van der Waals surface area (Å²) in [6, 6.07) is 0. The minimum atomic E-state index is -1.81. The molecule has 1 aliphatic heterocycles. The Morgan fingerprint density at radius 1 is 0.708 bits per heavy atom. The first-order chi connectivity index (χ1) is 11.1.